The smallest absolute Gasteiger partial charge is 0.330 e. The molecule has 19 heavy (non-hydrogen) atoms. The van der Waals surface area contributed by atoms with E-state index in [4.69, 9.17) is 0 Å². The number of aliphatic carboxylic acids is 1. The van der Waals surface area contributed by atoms with Gasteiger partial charge in [-0.05, 0) is 44.5 Å². The monoisotopic (exact) mass is 275 g/mol. The van der Waals surface area contributed by atoms with Crippen LogP contribution >= 0.6 is 11.3 Å². The van der Waals surface area contributed by atoms with Gasteiger partial charge in [-0.3, -0.25) is 0 Å². The second kappa shape index (κ2) is 5.45. The number of carboxylic acid groups (broad SMARTS) is 1. The molecule has 0 saturated heterocycles. The van der Waals surface area contributed by atoms with Crippen molar-refractivity contribution in [1.29, 1.82) is 0 Å². The Bertz CT molecular complexity index is 587. The summed E-state index contributed by atoms with van der Waals surface area (Å²) in [4.78, 5) is 13.6. The average molecular weight is 275 g/mol. The van der Waals surface area contributed by atoms with E-state index in [1.165, 1.54) is 0 Å². The Morgan fingerprint density at radius 1 is 1.21 bits per heavy atom. The summed E-state index contributed by atoms with van der Waals surface area (Å²) in [5, 5.41) is 12.5. The number of nitrogens with one attached hydrogen (secondary N) is 1. The third-order valence-corrected chi connectivity index (χ3v) is 3.98. The number of carbonyl (C=O) groups is 1. The molecule has 1 aromatic carbocycles. The van der Waals surface area contributed by atoms with Crippen molar-refractivity contribution in [1.82, 2.24) is 0 Å². The first-order valence-corrected chi connectivity index (χ1v) is 6.92. The molecular formula is C15H17NO2S. The van der Waals surface area contributed by atoms with Crippen LogP contribution in [-0.2, 0) is 4.79 Å². The molecule has 0 saturated carbocycles. The first-order chi connectivity index (χ1) is 8.97. The fraction of sp³-hybridized carbons (Fsp3) is 0.267. The van der Waals surface area contributed by atoms with Crippen LogP contribution in [0.1, 0.15) is 26.9 Å². The lowest BCUT2D eigenvalue weighted by atomic mass is 10.1. The van der Waals surface area contributed by atoms with Crippen molar-refractivity contribution < 1.29 is 9.90 Å². The Balaban J connectivity index is 2.29. The average Bonchev–Trinajstić information content (AvgIpc) is 2.67. The summed E-state index contributed by atoms with van der Waals surface area (Å²) >= 11 is 1.62. The quantitative estimate of drug-likeness (QED) is 0.889. The predicted molar refractivity (Wildman–Crippen MR) is 79.0 cm³/mol. The molecule has 2 N–H and O–H groups in total. The van der Waals surface area contributed by atoms with Crippen molar-refractivity contribution in [2.24, 2.45) is 0 Å². The van der Waals surface area contributed by atoms with Crippen molar-refractivity contribution in [3.05, 3.63) is 51.2 Å². The minimum Gasteiger partial charge on any atom is -0.479 e. The van der Waals surface area contributed by atoms with Gasteiger partial charge in [0.15, 0.2) is 6.04 Å². The Kier molecular flexibility index (Phi) is 3.90. The van der Waals surface area contributed by atoms with Gasteiger partial charge in [-0.15, -0.1) is 11.3 Å². The summed E-state index contributed by atoms with van der Waals surface area (Å²) in [7, 11) is 0. The van der Waals surface area contributed by atoms with Crippen LogP contribution in [0.3, 0.4) is 0 Å². The van der Waals surface area contributed by atoms with Crippen LogP contribution in [-0.4, -0.2) is 11.1 Å². The fourth-order valence-corrected chi connectivity index (χ4v) is 2.99. The third-order valence-electron chi connectivity index (χ3n) is 3.00. The molecule has 0 fully saturated rings. The van der Waals surface area contributed by atoms with Gasteiger partial charge in [0.1, 0.15) is 0 Å². The summed E-state index contributed by atoms with van der Waals surface area (Å²) in [6.45, 7) is 5.95. The van der Waals surface area contributed by atoms with E-state index in [-0.39, 0.29) is 0 Å². The van der Waals surface area contributed by atoms with Crippen LogP contribution in [0, 0.1) is 20.8 Å². The topological polar surface area (TPSA) is 49.3 Å². The van der Waals surface area contributed by atoms with Crippen molar-refractivity contribution in [2.45, 2.75) is 26.8 Å². The van der Waals surface area contributed by atoms with Gasteiger partial charge in [0.05, 0.1) is 0 Å². The van der Waals surface area contributed by atoms with E-state index >= 15 is 0 Å². The molecule has 4 heteroatoms. The van der Waals surface area contributed by atoms with Crippen molar-refractivity contribution in [3.8, 4) is 0 Å². The highest BCUT2D eigenvalue weighted by atomic mass is 32.1. The SMILES string of the molecule is Cc1ccc(NC(C(=O)O)c2cc(C)sc2C)cc1. The van der Waals surface area contributed by atoms with E-state index < -0.39 is 12.0 Å². The Morgan fingerprint density at radius 3 is 2.32 bits per heavy atom. The molecule has 2 aromatic rings. The zero-order valence-electron chi connectivity index (χ0n) is 11.2. The number of hydrogen-bond donors (Lipinski definition) is 2. The molecule has 0 bridgehead atoms. The summed E-state index contributed by atoms with van der Waals surface area (Å²) in [6.07, 6.45) is 0. The maximum atomic E-state index is 11.5. The van der Waals surface area contributed by atoms with E-state index in [2.05, 4.69) is 5.32 Å². The van der Waals surface area contributed by atoms with Gasteiger partial charge in [-0.1, -0.05) is 17.7 Å². The first-order valence-electron chi connectivity index (χ1n) is 6.10. The number of carboxylic acids is 1. The van der Waals surface area contributed by atoms with Gasteiger partial charge in [0.25, 0.3) is 0 Å². The second-order valence-electron chi connectivity index (χ2n) is 4.65. The third kappa shape index (κ3) is 3.15. The molecule has 0 spiro atoms. The normalized spacial score (nSPS) is 12.2. The largest absolute Gasteiger partial charge is 0.479 e. The minimum atomic E-state index is -0.860. The highest BCUT2D eigenvalue weighted by Gasteiger charge is 2.22. The zero-order chi connectivity index (χ0) is 14.0. The fourth-order valence-electron chi connectivity index (χ4n) is 2.03. The van der Waals surface area contributed by atoms with Gasteiger partial charge in [-0.2, -0.15) is 0 Å². The Hall–Kier alpha value is -1.81. The van der Waals surface area contributed by atoms with Crippen molar-refractivity contribution >= 4 is 23.0 Å². The lowest BCUT2D eigenvalue weighted by molar-refractivity contribution is -0.138. The molecule has 2 rings (SSSR count). The molecule has 3 nitrogen and oxygen atoms in total. The predicted octanol–water partition coefficient (Wildman–Crippen LogP) is 3.91. The molecule has 100 valence electrons. The molecule has 1 atom stereocenters. The molecule has 0 amide bonds. The van der Waals surface area contributed by atoms with Gasteiger partial charge in [0.2, 0.25) is 0 Å². The molecule has 0 radical (unpaired) electrons. The maximum Gasteiger partial charge on any atom is 0.330 e. The lowest BCUT2D eigenvalue weighted by Crippen LogP contribution is -2.20. The molecular weight excluding hydrogens is 258 g/mol. The highest BCUT2D eigenvalue weighted by molar-refractivity contribution is 7.12. The van der Waals surface area contributed by atoms with Crippen LogP contribution in [0.25, 0.3) is 0 Å². The molecule has 0 aliphatic rings. The van der Waals surface area contributed by atoms with Gasteiger partial charge < -0.3 is 10.4 Å². The van der Waals surface area contributed by atoms with Crippen LogP contribution in [0.4, 0.5) is 5.69 Å². The molecule has 0 aliphatic heterocycles. The number of thiophene rings is 1. The number of hydrogen-bond acceptors (Lipinski definition) is 3. The van der Waals surface area contributed by atoms with E-state index in [9.17, 15) is 9.90 Å². The van der Waals surface area contributed by atoms with Gasteiger partial charge in [0, 0.05) is 15.4 Å². The molecule has 1 unspecified atom stereocenters. The van der Waals surface area contributed by atoms with Crippen LogP contribution in [0.15, 0.2) is 30.3 Å². The number of benzene rings is 1. The Morgan fingerprint density at radius 2 is 1.84 bits per heavy atom. The van der Waals surface area contributed by atoms with E-state index in [1.807, 2.05) is 51.1 Å². The summed E-state index contributed by atoms with van der Waals surface area (Å²) in [6, 6.07) is 8.98. The van der Waals surface area contributed by atoms with E-state index in [0.29, 0.717) is 0 Å². The van der Waals surface area contributed by atoms with Crippen molar-refractivity contribution in [2.75, 3.05) is 5.32 Å². The first kappa shape index (κ1) is 13.6. The highest BCUT2D eigenvalue weighted by Crippen LogP contribution is 2.29. The van der Waals surface area contributed by atoms with E-state index in [0.717, 1.165) is 26.6 Å². The van der Waals surface area contributed by atoms with Crippen molar-refractivity contribution in [3.63, 3.8) is 0 Å². The lowest BCUT2D eigenvalue weighted by Gasteiger charge is -2.16. The van der Waals surface area contributed by atoms with Crippen LogP contribution < -0.4 is 5.32 Å². The van der Waals surface area contributed by atoms with Gasteiger partial charge >= 0.3 is 5.97 Å². The summed E-state index contributed by atoms with van der Waals surface area (Å²) < 4.78 is 0. The van der Waals surface area contributed by atoms with E-state index in [1.54, 1.807) is 11.3 Å². The van der Waals surface area contributed by atoms with Gasteiger partial charge in [-0.25, -0.2) is 4.79 Å². The molecule has 1 aromatic heterocycles. The zero-order valence-corrected chi connectivity index (χ0v) is 12.0. The molecule has 1 heterocycles. The summed E-state index contributed by atoms with van der Waals surface area (Å²) in [5.41, 5.74) is 2.82. The number of rotatable bonds is 4. The van der Waals surface area contributed by atoms with Crippen LogP contribution in [0.5, 0.6) is 0 Å². The molecule has 0 aliphatic carbocycles. The van der Waals surface area contributed by atoms with Crippen LogP contribution in [0.2, 0.25) is 0 Å². The second-order valence-corrected chi connectivity index (χ2v) is 6.11. The maximum absolute atomic E-state index is 11.5. The number of aryl methyl sites for hydroxylation is 3. The minimum absolute atomic E-state index is 0.701. The summed E-state index contributed by atoms with van der Waals surface area (Å²) in [5.74, 6) is -0.860. The standard InChI is InChI=1S/C15H17NO2S/c1-9-4-6-12(7-5-9)16-14(15(17)18)13-8-10(2)19-11(13)3/h4-8,14,16H,1-3H3,(H,17,18). The number of anilines is 1. The Labute approximate surface area is 116 Å².